The number of unbranched alkanes of at least 4 members (excludes halogenated alkanes) is 16. The molecule has 0 aliphatic heterocycles. The topological polar surface area (TPSA) is 23.5 Å². The van der Waals surface area contributed by atoms with Crippen molar-refractivity contribution in [1.29, 1.82) is 0 Å². The van der Waals surface area contributed by atoms with Gasteiger partial charge >= 0.3 is 0 Å². The van der Waals surface area contributed by atoms with E-state index >= 15 is 0 Å². The molecule has 0 aromatic rings. The Balaban J connectivity index is 3.54. The van der Waals surface area contributed by atoms with Gasteiger partial charge in [0.1, 0.15) is 0 Å². The molecule has 33 heavy (non-hydrogen) atoms. The first-order valence-electron chi connectivity index (χ1n) is 14.5. The van der Waals surface area contributed by atoms with Crippen molar-refractivity contribution in [2.24, 2.45) is 0 Å². The van der Waals surface area contributed by atoms with Gasteiger partial charge in [-0.3, -0.25) is 0 Å². The number of rotatable bonds is 25. The highest BCUT2D eigenvalue weighted by Crippen LogP contribution is 2.13. The zero-order valence-electron chi connectivity index (χ0n) is 22.8. The third kappa shape index (κ3) is 25.6. The molecule has 0 bridgehead atoms. The van der Waals surface area contributed by atoms with Gasteiger partial charge in [0.05, 0.1) is 6.61 Å². The number of allylic oxidation sites excluding steroid dienone is 4. The molecule has 2 heteroatoms. The van der Waals surface area contributed by atoms with Gasteiger partial charge in [-0.15, -0.1) is 0 Å². The number of hydrogen-bond acceptors (Lipinski definition) is 2. The molecule has 0 amide bonds. The number of aliphatic hydroxyl groups excluding tert-OH is 1. The Morgan fingerprint density at radius 2 is 0.970 bits per heavy atom. The molecule has 0 heterocycles. The van der Waals surface area contributed by atoms with Gasteiger partial charge in [-0.1, -0.05) is 114 Å². The van der Waals surface area contributed by atoms with Crippen LogP contribution in [0.5, 0.6) is 0 Å². The summed E-state index contributed by atoms with van der Waals surface area (Å²) in [4.78, 5) is 2.36. The summed E-state index contributed by atoms with van der Waals surface area (Å²) < 4.78 is 0. The summed E-state index contributed by atoms with van der Waals surface area (Å²) in [6.07, 6.45) is 40.3. The Labute approximate surface area is 208 Å². The first kappa shape index (κ1) is 32.1. The van der Waals surface area contributed by atoms with Gasteiger partial charge in [-0.25, -0.2) is 0 Å². The van der Waals surface area contributed by atoms with Crippen molar-refractivity contribution in [1.82, 2.24) is 4.90 Å². The maximum absolute atomic E-state index is 8.74. The SMILES string of the molecule is CCCCCCCCC=CCCCCCCCC=CC(CCCCCCC=CCO)N(C)C. The molecule has 194 valence electrons. The van der Waals surface area contributed by atoms with Gasteiger partial charge in [0.2, 0.25) is 0 Å². The van der Waals surface area contributed by atoms with E-state index in [1.54, 1.807) is 0 Å². The second-order valence-electron chi connectivity index (χ2n) is 9.98. The summed E-state index contributed by atoms with van der Waals surface area (Å²) in [6.45, 7) is 2.46. The van der Waals surface area contributed by atoms with Gasteiger partial charge < -0.3 is 10.0 Å². The van der Waals surface area contributed by atoms with Crippen LogP contribution in [-0.4, -0.2) is 36.8 Å². The number of hydrogen-bond donors (Lipinski definition) is 1. The van der Waals surface area contributed by atoms with Gasteiger partial charge in [0.25, 0.3) is 0 Å². The standard InChI is InChI=1S/C31H59NO/c1-4-5-6-7-8-9-10-11-12-13-14-15-16-17-19-22-25-28-31(32(2)3)29-26-23-20-18-21-24-27-30-33/h11-12,24-25,27-28,31,33H,4-10,13-23,26,29-30H2,1-3H3. The lowest BCUT2D eigenvalue weighted by Crippen LogP contribution is -2.25. The van der Waals surface area contributed by atoms with E-state index in [2.05, 4.69) is 56.3 Å². The van der Waals surface area contributed by atoms with Crippen LogP contribution in [0.2, 0.25) is 0 Å². The predicted molar refractivity (Wildman–Crippen MR) is 150 cm³/mol. The molecule has 1 unspecified atom stereocenters. The number of nitrogens with zero attached hydrogens (tertiary/aromatic N) is 1. The third-order valence-electron chi connectivity index (χ3n) is 6.55. The lowest BCUT2D eigenvalue weighted by molar-refractivity contribution is 0.319. The molecule has 0 rings (SSSR count). The fourth-order valence-corrected chi connectivity index (χ4v) is 4.27. The molecule has 0 aromatic heterocycles. The highest BCUT2D eigenvalue weighted by molar-refractivity contribution is 4.93. The van der Waals surface area contributed by atoms with Crippen LogP contribution in [0.3, 0.4) is 0 Å². The molecule has 0 aromatic carbocycles. The maximum atomic E-state index is 8.74. The summed E-state index contributed by atoms with van der Waals surface area (Å²) in [5, 5.41) is 8.74. The first-order chi connectivity index (χ1) is 16.2. The predicted octanol–water partition coefficient (Wildman–Crippen LogP) is 9.40. The molecule has 0 radical (unpaired) electrons. The second-order valence-corrected chi connectivity index (χ2v) is 9.98. The Hall–Kier alpha value is -0.860. The molecule has 0 aliphatic carbocycles. The van der Waals surface area contributed by atoms with Crippen molar-refractivity contribution in [3.05, 3.63) is 36.5 Å². The lowest BCUT2D eigenvalue weighted by atomic mass is 10.0. The van der Waals surface area contributed by atoms with E-state index in [0.717, 1.165) is 6.42 Å². The zero-order chi connectivity index (χ0) is 24.2. The zero-order valence-corrected chi connectivity index (χ0v) is 22.8. The van der Waals surface area contributed by atoms with Gasteiger partial charge in [-0.2, -0.15) is 0 Å². The summed E-state index contributed by atoms with van der Waals surface area (Å²) in [5.41, 5.74) is 0. The molecule has 0 saturated heterocycles. The fraction of sp³-hybridized carbons (Fsp3) is 0.806. The van der Waals surface area contributed by atoms with E-state index in [1.807, 2.05) is 6.08 Å². The number of likely N-dealkylation sites (N-methyl/N-ethyl adjacent to an activating group) is 1. The minimum atomic E-state index is 0.174. The minimum absolute atomic E-state index is 0.174. The summed E-state index contributed by atoms with van der Waals surface area (Å²) in [6, 6.07) is 0.586. The molecule has 1 atom stereocenters. The van der Waals surface area contributed by atoms with Crippen molar-refractivity contribution in [2.45, 2.75) is 141 Å². The van der Waals surface area contributed by atoms with Crippen LogP contribution in [0.4, 0.5) is 0 Å². The van der Waals surface area contributed by atoms with Crippen molar-refractivity contribution < 1.29 is 5.11 Å². The van der Waals surface area contributed by atoms with Crippen molar-refractivity contribution in [3.8, 4) is 0 Å². The average Bonchev–Trinajstić information content (AvgIpc) is 2.81. The fourth-order valence-electron chi connectivity index (χ4n) is 4.27. The van der Waals surface area contributed by atoms with E-state index < -0.39 is 0 Å². The third-order valence-corrected chi connectivity index (χ3v) is 6.55. The van der Waals surface area contributed by atoms with Gasteiger partial charge in [0.15, 0.2) is 0 Å². The van der Waals surface area contributed by atoms with Crippen molar-refractivity contribution in [3.63, 3.8) is 0 Å². The number of aliphatic hydroxyl groups is 1. The molecular weight excluding hydrogens is 402 g/mol. The summed E-state index contributed by atoms with van der Waals surface area (Å²) >= 11 is 0. The van der Waals surface area contributed by atoms with Crippen LogP contribution >= 0.6 is 0 Å². The monoisotopic (exact) mass is 461 g/mol. The van der Waals surface area contributed by atoms with Crippen molar-refractivity contribution >= 4 is 0 Å². The van der Waals surface area contributed by atoms with Crippen LogP contribution < -0.4 is 0 Å². The van der Waals surface area contributed by atoms with Crippen LogP contribution in [-0.2, 0) is 0 Å². The second kappa shape index (κ2) is 27.4. The van der Waals surface area contributed by atoms with E-state index in [9.17, 15) is 0 Å². The summed E-state index contributed by atoms with van der Waals surface area (Å²) in [5.74, 6) is 0. The molecule has 2 nitrogen and oxygen atoms in total. The molecule has 0 aliphatic rings. The Kier molecular flexibility index (Phi) is 26.7. The molecule has 0 fully saturated rings. The van der Waals surface area contributed by atoms with Crippen LogP contribution in [0.15, 0.2) is 36.5 Å². The van der Waals surface area contributed by atoms with E-state index in [-0.39, 0.29) is 6.61 Å². The molecule has 0 saturated carbocycles. The molecular formula is C31H59NO. The average molecular weight is 462 g/mol. The van der Waals surface area contributed by atoms with Gasteiger partial charge in [0, 0.05) is 6.04 Å². The van der Waals surface area contributed by atoms with E-state index in [4.69, 9.17) is 5.11 Å². The lowest BCUT2D eigenvalue weighted by Gasteiger charge is -2.21. The van der Waals surface area contributed by atoms with Crippen molar-refractivity contribution in [2.75, 3.05) is 20.7 Å². The highest BCUT2D eigenvalue weighted by Gasteiger charge is 2.06. The minimum Gasteiger partial charge on any atom is -0.392 e. The van der Waals surface area contributed by atoms with Crippen LogP contribution in [0.25, 0.3) is 0 Å². The van der Waals surface area contributed by atoms with Crippen LogP contribution in [0, 0.1) is 0 Å². The first-order valence-corrected chi connectivity index (χ1v) is 14.5. The smallest absolute Gasteiger partial charge is 0.0612 e. The Morgan fingerprint density at radius 1 is 0.545 bits per heavy atom. The van der Waals surface area contributed by atoms with E-state index in [1.165, 1.54) is 122 Å². The molecule has 1 N–H and O–H groups in total. The Morgan fingerprint density at radius 3 is 1.45 bits per heavy atom. The Bertz CT molecular complexity index is 452. The van der Waals surface area contributed by atoms with Gasteiger partial charge in [-0.05, 0) is 71.9 Å². The summed E-state index contributed by atoms with van der Waals surface area (Å²) in [7, 11) is 4.41. The largest absolute Gasteiger partial charge is 0.392 e. The quantitative estimate of drug-likeness (QED) is 0.108. The highest BCUT2D eigenvalue weighted by atomic mass is 16.2. The van der Waals surface area contributed by atoms with Crippen LogP contribution in [0.1, 0.15) is 135 Å². The van der Waals surface area contributed by atoms with E-state index in [0.29, 0.717) is 6.04 Å². The molecule has 0 spiro atoms. The normalized spacial score (nSPS) is 13.4. The maximum Gasteiger partial charge on any atom is 0.0612 e.